The number of nitro benzene ring substituents is 1. The topological polar surface area (TPSA) is 218 Å². The van der Waals surface area contributed by atoms with Crippen LogP contribution in [-0.2, 0) is 11.3 Å². The number of ketones is 2. The zero-order valence-corrected chi connectivity index (χ0v) is 19.8. The van der Waals surface area contributed by atoms with Crippen LogP contribution in [0.5, 0.6) is 17.4 Å². The quantitative estimate of drug-likeness (QED) is 0.146. The maximum Gasteiger partial charge on any atom is 0.281 e. The molecule has 3 aromatic rings. The van der Waals surface area contributed by atoms with Gasteiger partial charge in [0.05, 0.1) is 40.5 Å². The zero-order valence-electron chi connectivity index (χ0n) is 19.8. The molecule has 1 aromatic heterocycles. The predicted molar refractivity (Wildman–Crippen MR) is 128 cm³/mol. The molecule has 1 aliphatic rings. The van der Waals surface area contributed by atoms with Crippen molar-refractivity contribution in [1.29, 1.82) is 5.26 Å². The van der Waals surface area contributed by atoms with Crippen LogP contribution in [0.15, 0.2) is 39.3 Å². The van der Waals surface area contributed by atoms with E-state index in [2.05, 4.69) is 10.2 Å². The number of azo groups is 1. The first-order valence-corrected chi connectivity index (χ1v) is 10.8. The molecule has 0 radical (unpaired) electrons. The Morgan fingerprint density at radius 3 is 2.16 bits per heavy atom. The molecule has 14 heteroatoms. The van der Waals surface area contributed by atoms with Crippen molar-refractivity contribution < 1.29 is 34.6 Å². The Hall–Kier alpha value is -5.42. The molecule has 0 fully saturated rings. The minimum Gasteiger partial charge on any atom is -0.507 e. The van der Waals surface area contributed by atoms with Gasteiger partial charge in [-0.15, -0.1) is 10.2 Å². The van der Waals surface area contributed by atoms with Crippen LogP contribution >= 0.6 is 0 Å². The standard InChI is InChI=1S/C24H17N5O9/c1-10-11(9-25)23(34)28(7-8-38-2)24(35)20(10)27-26-12-3-4-13(29(36)37)17-16(12)21(32)18-14(30)5-6-15(31)19(18)22(17)33/h3-6,30-31,35H,7-8H2,1-2H3/b27-26+. The molecule has 0 amide bonds. The first-order valence-electron chi connectivity index (χ1n) is 10.8. The molecule has 192 valence electrons. The number of fused-ring (bicyclic) bond motifs is 2. The molecule has 0 unspecified atom stereocenters. The minimum absolute atomic E-state index is 0.0141. The molecule has 0 aliphatic heterocycles. The van der Waals surface area contributed by atoms with Crippen molar-refractivity contribution in [2.75, 3.05) is 13.7 Å². The van der Waals surface area contributed by atoms with Gasteiger partial charge in [-0.2, -0.15) is 5.26 Å². The third kappa shape index (κ3) is 3.83. The second-order valence-corrected chi connectivity index (χ2v) is 8.06. The fourth-order valence-corrected chi connectivity index (χ4v) is 4.12. The summed E-state index contributed by atoms with van der Waals surface area (Å²) in [4.78, 5) is 50.0. The molecule has 0 saturated carbocycles. The lowest BCUT2D eigenvalue weighted by Crippen LogP contribution is -2.25. The summed E-state index contributed by atoms with van der Waals surface area (Å²) >= 11 is 0. The van der Waals surface area contributed by atoms with E-state index < -0.39 is 67.4 Å². The average molecular weight is 519 g/mol. The molecule has 1 aliphatic carbocycles. The van der Waals surface area contributed by atoms with Crippen LogP contribution in [0, 0.1) is 28.4 Å². The number of nitriles is 1. The number of phenols is 2. The van der Waals surface area contributed by atoms with E-state index in [1.165, 1.54) is 14.0 Å². The van der Waals surface area contributed by atoms with Gasteiger partial charge >= 0.3 is 0 Å². The van der Waals surface area contributed by atoms with Crippen molar-refractivity contribution in [3.8, 4) is 23.4 Å². The number of benzene rings is 2. The number of methoxy groups -OCH3 is 1. The molecule has 0 bridgehead atoms. The van der Waals surface area contributed by atoms with Crippen molar-refractivity contribution in [1.82, 2.24) is 4.57 Å². The summed E-state index contributed by atoms with van der Waals surface area (Å²) in [5.74, 6) is -4.09. The van der Waals surface area contributed by atoms with E-state index in [0.29, 0.717) is 0 Å². The minimum atomic E-state index is -1.09. The van der Waals surface area contributed by atoms with Gasteiger partial charge in [0.15, 0.2) is 5.69 Å². The lowest BCUT2D eigenvalue weighted by atomic mass is 9.81. The van der Waals surface area contributed by atoms with Gasteiger partial charge in [0.1, 0.15) is 28.7 Å². The first kappa shape index (κ1) is 25.7. The largest absolute Gasteiger partial charge is 0.507 e. The summed E-state index contributed by atoms with van der Waals surface area (Å²) in [5, 5.41) is 60.1. The van der Waals surface area contributed by atoms with Gasteiger partial charge in [-0.05, 0) is 25.1 Å². The van der Waals surface area contributed by atoms with Crippen molar-refractivity contribution in [2.45, 2.75) is 13.5 Å². The Morgan fingerprint density at radius 1 is 1.00 bits per heavy atom. The number of pyridine rings is 1. The molecular weight excluding hydrogens is 502 g/mol. The van der Waals surface area contributed by atoms with Crippen molar-refractivity contribution in [2.24, 2.45) is 10.2 Å². The smallest absolute Gasteiger partial charge is 0.281 e. The number of rotatable bonds is 6. The van der Waals surface area contributed by atoms with Crippen LogP contribution in [-0.4, -0.2) is 50.1 Å². The number of phenolic OH excluding ortho intramolecular Hbond substituents is 2. The first-order chi connectivity index (χ1) is 18.0. The maximum absolute atomic E-state index is 13.4. The highest BCUT2D eigenvalue weighted by molar-refractivity contribution is 6.33. The monoisotopic (exact) mass is 519 g/mol. The highest BCUT2D eigenvalue weighted by Gasteiger charge is 2.41. The molecule has 3 N–H and O–H groups in total. The van der Waals surface area contributed by atoms with Gasteiger partial charge in [-0.1, -0.05) is 0 Å². The molecule has 4 rings (SSSR count). The van der Waals surface area contributed by atoms with Gasteiger partial charge in [0, 0.05) is 18.7 Å². The van der Waals surface area contributed by atoms with E-state index in [1.807, 2.05) is 0 Å². The Morgan fingerprint density at radius 2 is 1.61 bits per heavy atom. The summed E-state index contributed by atoms with van der Waals surface area (Å²) in [5.41, 5.74) is -4.96. The lowest BCUT2D eigenvalue weighted by molar-refractivity contribution is -0.385. The number of aromatic hydroxyl groups is 3. The van der Waals surface area contributed by atoms with Crippen LogP contribution < -0.4 is 5.56 Å². The number of hydrogen-bond donors (Lipinski definition) is 3. The maximum atomic E-state index is 13.4. The molecule has 38 heavy (non-hydrogen) atoms. The van der Waals surface area contributed by atoms with E-state index >= 15 is 0 Å². The third-order valence-electron chi connectivity index (χ3n) is 5.97. The number of nitro groups is 1. The Bertz CT molecular complexity index is 1700. The number of aromatic nitrogens is 1. The zero-order chi connectivity index (χ0) is 27.9. The normalized spacial score (nSPS) is 12.3. The SMILES string of the molecule is COCCn1c(O)c(/N=N/c2ccc([N+](=O)[O-])c3c2C(=O)c2c(O)ccc(O)c2C3=O)c(C)c(C#N)c1=O. The van der Waals surface area contributed by atoms with Gasteiger partial charge < -0.3 is 20.1 Å². The second kappa shape index (κ2) is 9.56. The summed E-state index contributed by atoms with van der Waals surface area (Å²) in [7, 11) is 1.37. The van der Waals surface area contributed by atoms with Crippen molar-refractivity contribution in [3.63, 3.8) is 0 Å². The van der Waals surface area contributed by atoms with Crippen LogP contribution in [0.4, 0.5) is 17.1 Å². The highest BCUT2D eigenvalue weighted by Crippen LogP contribution is 2.44. The average Bonchev–Trinajstić information content (AvgIpc) is 2.88. The molecule has 0 spiro atoms. The Labute approximate surface area is 212 Å². The summed E-state index contributed by atoms with van der Waals surface area (Å²) in [6.45, 7) is 1.23. The van der Waals surface area contributed by atoms with E-state index in [-0.39, 0.29) is 35.7 Å². The third-order valence-corrected chi connectivity index (χ3v) is 5.97. The van der Waals surface area contributed by atoms with E-state index in [9.17, 15) is 45.1 Å². The van der Waals surface area contributed by atoms with E-state index in [4.69, 9.17) is 4.74 Å². The Kier molecular flexibility index (Phi) is 6.46. The second-order valence-electron chi connectivity index (χ2n) is 8.06. The number of hydrogen-bond acceptors (Lipinski definition) is 12. The van der Waals surface area contributed by atoms with Crippen LogP contribution in [0.3, 0.4) is 0 Å². The molecule has 1 heterocycles. The predicted octanol–water partition coefficient (Wildman–Crippen LogP) is 2.89. The number of nitrogens with zero attached hydrogens (tertiary/aromatic N) is 5. The summed E-state index contributed by atoms with van der Waals surface area (Å²) in [6.07, 6.45) is 0. The van der Waals surface area contributed by atoms with Gasteiger partial charge in [-0.3, -0.25) is 29.1 Å². The Balaban J connectivity index is 1.98. The lowest BCUT2D eigenvalue weighted by Gasteiger charge is -2.20. The van der Waals surface area contributed by atoms with Crippen molar-refractivity contribution in [3.05, 3.63) is 78.1 Å². The van der Waals surface area contributed by atoms with Gasteiger partial charge in [-0.25, -0.2) is 0 Å². The number of carbonyl (C=O) groups excluding carboxylic acids is 2. The molecular formula is C24H17N5O9. The van der Waals surface area contributed by atoms with Crippen molar-refractivity contribution >= 4 is 28.6 Å². The fraction of sp³-hybridized carbons (Fsp3) is 0.167. The summed E-state index contributed by atoms with van der Waals surface area (Å²) < 4.78 is 5.77. The van der Waals surface area contributed by atoms with Crippen LogP contribution in [0.1, 0.15) is 43.0 Å². The van der Waals surface area contributed by atoms with Gasteiger partial charge in [0.2, 0.25) is 17.4 Å². The molecule has 2 aromatic carbocycles. The van der Waals surface area contributed by atoms with E-state index in [0.717, 1.165) is 28.8 Å². The van der Waals surface area contributed by atoms with Crippen LogP contribution in [0.2, 0.25) is 0 Å². The molecule has 14 nitrogen and oxygen atoms in total. The van der Waals surface area contributed by atoms with Crippen LogP contribution in [0.25, 0.3) is 0 Å². The molecule has 0 atom stereocenters. The van der Waals surface area contributed by atoms with E-state index in [1.54, 1.807) is 6.07 Å². The summed E-state index contributed by atoms with van der Waals surface area (Å²) in [6, 6.07) is 5.64. The fourth-order valence-electron chi connectivity index (χ4n) is 4.12. The number of carbonyl (C=O) groups is 2. The van der Waals surface area contributed by atoms with Gasteiger partial charge in [0.25, 0.3) is 11.2 Å². The molecule has 0 saturated heterocycles. The highest BCUT2D eigenvalue weighted by atomic mass is 16.6. The number of ether oxygens (including phenoxy) is 1.